The number of aliphatic hydroxyl groups is 1. The number of likely N-dealkylation sites (N-methyl/N-ethyl adjacent to an activating group) is 1. The summed E-state index contributed by atoms with van der Waals surface area (Å²) in [6.07, 6.45) is 0. The monoisotopic (exact) mass is 339 g/mol. The zero-order valence-corrected chi connectivity index (χ0v) is 14.0. The lowest BCUT2D eigenvalue weighted by Crippen LogP contribution is -2.44. The zero-order valence-electron chi connectivity index (χ0n) is 14.0. The van der Waals surface area contributed by atoms with E-state index in [1.807, 2.05) is 36.4 Å². The number of hydrogen-bond donors (Lipinski definition) is 3. The summed E-state index contributed by atoms with van der Waals surface area (Å²) in [4.78, 5) is 11.5. The van der Waals surface area contributed by atoms with Gasteiger partial charge in [-0.2, -0.15) is 5.26 Å². The van der Waals surface area contributed by atoms with E-state index in [2.05, 4.69) is 16.7 Å². The first-order chi connectivity index (χ1) is 12.2. The predicted molar refractivity (Wildman–Crippen MR) is 93.7 cm³/mol. The van der Waals surface area contributed by atoms with Gasteiger partial charge in [0.1, 0.15) is 18.4 Å². The van der Waals surface area contributed by atoms with Gasteiger partial charge in [-0.25, -0.2) is 0 Å². The van der Waals surface area contributed by atoms with Crippen LogP contribution in [0.15, 0.2) is 48.5 Å². The van der Waals surface area contributed by atoms with Gasteiger partial charge in [0.25, 0.3) is 0 Å². The van der Waals surface area contributed by atoms with Crippen LogP contribution in [0.2, 0.25) is 0 Å². The van der Waals surface area contributed by atoms with Crippen LogP contribution in [0.3, 0.4) is 0 Å². The number of aliphatic hydroxyl groups excluding tert-OH is 1. The highest BCUT2D eigenvalue weighted by Gasteiger charge is 2.14. The summed E-state index contributed by atoms with van der Waals surface area (Å²) in [5.41, 5.74) is 2.51. The van der Waals surface area contributed by atoms with Crippen molar-refractivity contribution in [1.29, 1.82) is 5.26 Å². The van der Waals surface area contributed by atoms with Gasteiger partial charge in [-0.05, 0) is 35.4 Å². The third kappa shape index (κ3) is 5.60. The van der Waals surface area contributed by atoms with Gasteiger partial charge >= 0.3 is 0 Å². The fraction of sp³-hybridized carbons (Fsp3) is 0.263. The van der Waals surface area contributed by atoms with Gasteiger partial charge in [0, 0.05) is 13.6 Å². The first-order valence-electron chi connectivity index (χ1n) is 7.93. The van der Waals surface area contributed by atoms with Crippen molar-refractivity contribution in [2.24, 2.45) is 0 Å². The first kappa shape index (κ1) is 18.5. The average Bonchev–Trinajstić information content (AvgIpc) is 2.67. The minimum atomic E-state index is -0.631. The van der Waals surface area contributed by atoms with Crippen molar-refractivity contribution in [3.8, 4) is 11.8 Å². The van der Waals surface area contributed by atoms with E-state index in [1.54, 1.807) is 12.1 Å². The molecule has 0 bridgehead atoms. The molecule has 1 amide bonds. The number of nitrogens with zero attached hydrogens (tertiary/aromatic N) is 1. The van der Waals surface area contributed by atoms with E-state index in [1.165, 1.54) is 7.05 Å². The summed E-state index contributed by atoms with van der Waals surface area (Å²) in [5.74, 6) is 0.471. The number of rotatable bonds is 8. The molecule has 0 spiro atoms. The second-order valence-electron chi connectivity index (χ2n) is 5.48. The highest BCUT2D eigenvalue weighted by Crippen LogP contribution is 2.15. The molecule has 130 valence electrons. The van der Waals surface area contributed by atoms with E-state index in [4.69, 9.17) is 10.00 Å². The highest BCUT2D eigenvalue weighted by molar-refractivity contribution is 5.81. The van der Waals surface area contributed by atoms with Crippen LogP contribution in [-0.2, 0) is 17.9 Å². The van der Waals surface area contributed by atoms with E-state index < -0.39 is 6.04 Å². The van der Waals surface area contributed by atoms with Gasteiger partial charge < -0.3 is 15.2 Å². The van der Waals surface area contributed by atoms with Crippen LogP contribution < -0.4 is 15.4 Å². The SMILES string of the molecule is CNC(=O)[C@H](CO)NCc1ccc(OCc2cccc(C#N)c2)cc1. The number of carbonyl (C=O) groups excluding carboxylic acids is 1. The van der Waals surface area contributed by atoms with Crippen LogP contribution in [-0.4, -0.2) is 30.7 Å². The van der Waals surface area contributed by atoms with Gasteiger partial charge in [-0.3, -0.25) is 10.1 Å². The Morgan fingerprint density at radius 3 is 2.64 bits per heavy atom. The minimum Gasteiger partial charge on any atom is -0.489 e. The molecule has 1 atom stereocenters. The van der Waals surface area contributed by atoms with Gasteiger partial charge in [0.2, 0.25) is 5.91 Å². The maximum atomic E-state index is 11.5. The maximum absolute atomic E-state index is 11.5. The van der Waals surface area contributed by atoms with Crippen molar-refractivity contribution in [2.75, 3.05) is 13.7 Å². The molecule has 6 heteroatoms. The van der Waals surface area contributed by atoms with Gasteiger partial charge in [0.15, 0.2) is 0 Å². The quantitative estimate of drug-likeness (QED) is 0.675. The molecule has 2 aromatic rings. The summed E-state index contributed by atoms with van der Waals surface area (Å²) in [6.45, 7) is 0.585. The third-order valence-corrected chi connectivity index (χ3v) is 3.68. The Bertz CT molecular complexity index is 738. The van der Waals surface area contributed by atoms with E-state index in [0.717, 1.165) is 16.9 Å². The maximum Gasteiger partial charge on any atom is 0.239 e. The Labute approximate surface area is 147 Å². The van der Waals surface area contributed by atoms with Crippen LogP contribution in [0.25, 0.3) is 0 Å². The highest BCUT2D eigenvalue weighted by atomic mass is 16.5. The molecule has 0 saturated carbocycles. The van der Waals surface area contributed by atoms with Crippen molar-refractivity contribution in [3.63, 3.8) is 0 Å². The van der Waals surface area contributed by atoms with E-state index in [-0.39, 0.29) is 12.5 Å². The van der Waals surface area contributed by atoms with Crippen molar-refractivity contribution in [1.82, 2.24) is 10.6 Å². The summed E-state index contributed by atoms with van der Waals surface area (Å²) in [6, 6.07) is 16.2. The van der Waals surface area contributed by atoms with E-state index >= 15 is 0 Å². The van der Waals surface area contributed by atoms with Gasteiger partial charge in [-0.1, -0.05) is 24.3 Å². The largest absolute Gasteiger partial charge is 0.489 e. The predicted octanol–water partition coefficient (Wildman–Crippen LogP) is 1.33. The third-order valence-electron chi connectivity index (χ3n) is 3.68. The standard InChI is InChI=1S/C19H21N3O3/c1-21-19(24)18(12-23)22-11-14-5-7-17(8-6-14)25-13-16-4-2-3-15(9-16)10-20/h2-9,18,22-23H,11-13H2,1H3,(H,21,24)/t18-/m0/s1. The average molecular weight is 339 g/mol. The molecule has 0 saturated heterocycles. The van der Waals surface area contributed by atoms with E-state index in [9.17, 15) is 9.90 Å². The van der Waals surface area contributed by atoms with Crippen molar-refractivity contribution in [3.05, 3.63) is 65.2 Å². The fourth-order valence-electron chi connectivity index (χ4n) is 2.26. The molecule has 2 rings (SSSR count). The molecule has 0 aromatic heterocycles. The molecule has 0 aliphatic rings. The van der Waals surface area contributed by atoms with Crippen molar-refractivity contribution >= 4 is 5.91 Å². The summed E-state index contributed by atoms with van der Waals surface area (Å²) in [5, 5.41) is 23.6. The van der Waals surface area contributed by atoms with E-state index in [0.29, 0.717) is 18.7 Å². The summed E-state index contributed by atoms with van der Waals surface area (Å²) >= 11 is 0. The molecule has 0 unspecified atom stereocenters. The number of amides is 1. The zero-order chi connectivity index (χ0) is 18.1. The Morgan fingerprint density at radius 2 is 2.00 bits per heavy atom. The number of hydrogen-bond acceptors (Lipinski definition) is 5. The second-order valence-corrected chi connectivity index (χ2v) is 5.48. The second kappa shape index (κ2) is 9.42. The molecular weight excluding hydrogens is 318 g/mol. The van der Waals surface area contributed by atoms with Crippen molar-refractivity contribution < 1.29 is 14.6 Å². The molecule has 0 radical (unpaired) electrons. The fourth-order valence-corrected chi connectivity index (χ4v) is 2.26. The van der Waals surface area contributed by atoms with Gasteiger partial charge in [0.05, 0.1) is 18.2 Å². The number of benzene rings is 2. The molecule has 0 aliphatic heterocycles. The Morgan fingerprint density at radius 1 is 1.24 bits per heavy atom. The summed E-state index contributed by atoms with van der Waals surface area (Å²) < 4.78 is 5.72. The number of nitriles is 1. The number of carbonyl (C=O) groups is 1. The van der Waals surface area contributed by atoms with Gasteiger partial charge in [-0.15, -0.1) is 0 Å². The molecule has 6 nitrogen and oxygen atoms in total. The Hall–Kier alpha value is -2.88. The van der Waals surface area contributed by atoms with Crippen LogP contribution in [0, 0.1) is 11.3 Å². The molecule has 2 aromatic carbocycles. The topological polar surface area (TPSA) is 94.4 Å². The minimum absolute atomic E-state index is 0.248. The Balaban J connectivity index is 1.87. The Kier molecular flexibility index (Phi) is 6.96. The van der Waals surface area contributed by atoms with Crippen LogP contribution >= 0.6 is 0 Å². The lowest BCUT2D eigenvalue weighted by atomic mass is 10.1. The molecule has 3 N–H and O–H groups in total. The number of nitrogens with one attached hydrogen (secondary N) is 2. The first-order valence-corrected chi connectivity index (χ1v) is 7.93. The lowest BCUT2D eigenvalue weighted by molar-refractivity contribution is -0.123. The molecule has 0 heterocycles. The summed E-state index contributed by atoms with van der Waals surface area (Å²) in [7, 11) is 1.53. The molecule has 0 aliphatic carbocycles. The lowest BCUT2D eigenvalue weighted by Gasteiger charge is -2.14. The molecular formula is C19H21N3O3. The van der Waals surface area contributed by atoms with Crippen LogP contribution in [0.4, 0.5) is 0 Å². The molecule has 25 heavy (non-hydrogen) atoms. The van der Waals surface area contributed by atoms with Crippen LogP contribution in [0.5, 0.6) is 5.75 Å². The van der Waals surface area contributed by atoms with Crippen molar-refractivity contribution in [2.45, 2.75) is 19.2 Å². The number of ether oxygens (including phenoxy) is 1. The normalized spacial score (nSPS) is 11.4. The molecule has 0 fully saturated rings. The van der Waals surface area contributed by atoms with Crippen LogP contribution in [0.1, 0.15) is 16.7 Å². The smallest absolute Gasteiger partial charge is 0.239 e.